The second-order valence-corrected chi connectivity index (χ2v) is 7.85. The summed E-state index contributed by atoms with van der Waals surface area (Å²) in [6.45, 7) is 0. The Bertz CT molecular complexity index is 1030. The lowest BCUT2D eigenvalue weighted by atomic mass is 9.92. The van der Waals surface area contributed by atoms with E-state index in [0.717, 1.165) is 12.8 Å². The normalized spacial score (nSPS) is 30.6. The molecule has 3 heterocycles. The smallest absolute Gasteiger partial charge is 0.167 e. The molecule has 0 bridgehead atoms. The average molecular weight is 402 g/mol. The molecule has 28 heavy (non-hydrogen) atoms. The van der Waals surface area contributed by atoms with Crippen LogP contribution in [0, 0.1) is 0 Å². The summed E-state index contributed by atoms with van der Waals surface area (Å²) in [4.78, 5) is 12.3. The number of aliphatic hydroxyl groups excluding tert-OH is 2. The van der Waals surface area contributed by atoms with Gasteiger partial charge in [-0.2, -0.15) is 0 Å². The molecule has 1 aromatic carbocycles. The number of nitrogen functional groups attached to an aromatic ring is 1. The van der Waals surface area contributed by atoms with E-state index in [9.17, 15) is 10.2 Å². The number of anilines is 1. The van der Waals surface area contributed by atoms with Gasteiger partial charge in [-0.3, -0.25) is 4.57 Å². The molecule has 6 atom stereocenters. The first-order chi connectivity index (χ1) is 13.6. The number of nitrogens with zero attached hydrogens (tertiary/aromatic N) is 4. The number of imidazole rings is 1. The molecule has 1 saturated heterocycles. The number of hydrogen-bond acceptors (Lipinski definition) is 7. The molecule has 0 saturated carbocycles. The molecule has 0 radical (unpaired) electrons. The van der Waals surface area contributed by atoms with Gasteiger partial charge < -0.3 is 20.7 Å². The highest BCUT2D eigenvalue weighted by atomic mass is 35.5. The number of rotatable bonds is 3. The molecule has 8 nitrogen and oxygen atoms in total. The first-order valence-corrected chi connectivity index (χ1v) is 9.66. The lowest BCUT2D eigenvalue weighted by molar-refractivity contribution is -0.0373. The number of benzene rings is 1. The molecule has 4 N–H and O–H groups in total. The van der Waals surface area contributed by atoms with Crippen LogP contribution >= 0.6 is 11.6 Å². The van der Waals surface area contributed by atoms with Crippen LogP contribution in [0.25, 0.3) is 11.2 Å². The fraction of sp³-hybridized carbons (Fsp3) is 0.421. The van der Waals surface area contributed by atoms with Crippen LogP contribution in [-0.2, 0) is 11.2 Å². The van der Waals surface area contributed by atoms with Crippen LogP contribution < -0.4 is 5.73 Å². The summed E-state index contributed by atoms with van der Waals surface area (Å²) >= 11 is 6.78. The van der Waals surface area contributed by atoms with Crippen molar-refractivity contribution in [1.82, 2.24) is 19.5 Å². The van der Waals surface area contributed by atoms with Gasteiger partial charge in [0.15, 0.2) is 17.7 Å². The van der Waals surface area contributed by atoms with Crippen molar-refractivity contribution in [2.75, 3.05) is 5.73 Å². The number of alkyl halides is 1. The van der Waals surface area contributed by atoms with E-state index in [2.05, 4.69) is 27.1 Å². The summed E-state index contributed by atoms with van der Waals surface area (Å²) < 4.78 is 7.62. The monoisotopic (exact) mass is 401 g/mol. The van der Waals surface area contributed by atoms with Crippen molar-refractivity contribution in [1.29, 1.82) is 0 Å². The van der Waals surface area contributed by atoms with E-state index in [1.807, 2.05) is 12.1 Å². The van der Waals surface area contributed by atoms with Crippen LogP contribution in [-0.4, -0.2) is 53.4 Å². The molecule has 5 rings (SSSR count). The zero-order chi connectivity index (χ0) is 19.4. The maximum absolute atomic E-state index is 10.7. The third kappa shape index (κ3) is 2.60. The van der Waals surface area contributed by atoms with Gasteiger partial charge in [-0.15, -0.1) is 11.6 Å². The van der Waals surface area contributed by atoms with Gasteiger partial charge >= 0.3 is 0 Å². The molecule has 9 heteroatoms. The third-order valence-electron chi connectivity index (χ3n) is 5.81. The molecule has 146 valence electrons. The van der Waals surface area contributed by atoms with Crippen LogP contribution in [0.3, 0.4) is 0 Å². The minimum Gasteiger partial charge on any atom is -0.387 e. The summed E-state index contributed by atoms with van der Waals surface area (Å²) in [6, 6.07) is 8.18. The lowest BCUT2D eigenvalue weighted by Gasteiger charge is -2.26. The molecule has 2 aliphatic rings. The highest BCUT2D eigenvalue weighted by Crippen LogP contribution is 2.43. The Morgan fingerprint density at radius 3 is 2.86 bits per heavy atom. The Kier molecular flexibility index (Phi) is 4.24. The number of halogens is 1. The Balaban J connectivity index is 1.44. The molecule has 0 spiro atoms. The number of aryl methyl sites for hydroxylation is 1. The summed E-state index contributed by atoms with van der Waals surface area (Å²) in [5, 5.41) is 20.9. The van der Waals surface area contributed by atoms with Crippen LogP contribution in [0.1, 0.15) is 29.7 Å². The number of hydrogen-bond donors (Lipinski definition) is 3. The third-order valence-corrected chi connectivity index (χ3v) is 6.37. The second-order valence-electron chi connectivity index (χ2n) is 7.34. The van der Waals surface area contributed by atoms with E-state index in [4.69, 9.17) is 22.1 Å². The minimum absolute atomic E-state index is 0.0565. The maximum Gasteiger partial charge on any atom is 0.167 e. The van der Waals surface area contributed by atoms with E-state index >= 15 is 0 Å². The standard InChI is InChI=1S/C19H20ClN5O3/c20-12(11-6-5-9-3-1-2-4-10(9)11)16-14(26)15(27)19(28-16)25-8-24-13-17(21)22-7-23-18(13)25/h1-4,7-8,11-12,14-16,19,26-27H,5-6H2,(H2,21,22,23)/t11?,12?,14-,15+,16+,19+/m0/s1. The van der Waals surface area contributed by atoms with Gasteiger partial charge in [-0.25, -0.2) is 15.0 Å². The van der Waals surface area contributed by atoms with E-state index < -0.39 is 29.9 Å². The fourth-order valence-corrected chi connectivity index (χ4v) is 4.85. The Hall–Kier alpha value is -2.26. The second kappa shape index (κ2) is 6.66. The van der Waals surface area contributed by atoms with Gasteiger partial charge in [-0.1, -0.05) is 24.3 Å². The molecule has 1 aliphatic carbocycles. The van der Waals surface area contributed by atoms with Crippen molar-refractivity contribution < 1.29 is 14.9 Å². The van der Waals surface area contributed by atoms with Gasteiger partial charge in [0.05, 0.1) is 11.7 Å². The summed E-state index contributed by atoms with van der Waals surface area (Å²) in [6.07, 6.45) is 0.748. The van der Waals surface area contributed by atoms with Crippen molar-refractivity contribution >= 4 is 28.6 Å². The Morgan fingerprint density at radius 1 is 1.18 bits per heavy atom. The Morgan fingerprint density at radius 2 is 2.00 bits per heavy atom. The molecule has 0 amide bonds. The van der Waals surface area contributed by atoms with Crippen LogP contribution in [0.2, 0.25) is 0 Å². The molecule has 2 unspecified atom stereocenters. The predicted molar refractivity (Wildman–Crippen MR) is 103 cm³/mol. The summed E-state index contributed by atoms with van der Waals surface area (Å²) in [5.74, 6) is 0.298. The van der Waals surface area contributed by atoms with Crippen LogP contribution in [0.4, 0.5) is 5.82 Å². The van der Waals surface area contributed by atoms with E-state index in [1.54, 1.807) is 4.57 Å². The number of nitrogens with two attached hydrogens (primary N) is 1. The molecular formula is C19H20ClN5O3. The first-order valence-electron chi connectivity index (χ1n) is 9.22. The van der Waals surface area contributed by atoms with Gasteiger partial charge in [0.2, 0.25) is 0 Å². The van der Waals surface area contributed by atoms with E-state index in [1.165, 1.54) is 23.8 Å². The van der Waals surface area contributed by atoms with Crippen LogP contribution in [0.5, 0.6) is 0 Å². The molecule has 3 aromatic rings. The van der Waals surface area contributed by atoms with Gasteiger partial charge in [0.25, 0.3) is 0 Å². The quantitative estimate of drug-likeness (QED) is 0.567. The number of aliphatic hydroxyl groups is 2. The van der Waals surface area contributed by atoms with Crippen molar-refractivity contribution in [2.24, 2.45) is 0 Å². The topological polar surface area (TPSA) is 119 Å². The van der Waals surface area contributed by atoms with E-state index in [0.29, 0.717) is 11.2 Å². The number of ether oxygens (including phenoxy) is 1. The zero-order valence-electron chi connectivity index (χ0n) is 14.9. The van der Waals surface area contributed by atoms with Gasteiger partial charge in [0.1, 0.15) is 30.2 Å². The highest BCUT2D eigenvalue weighted by Gasteiger charge is 2.49. The van der Waals surface area contributed by atoms with Gasteiger partial charge in [-0.05, 0) is 24.0 Å². The SMILES string of the molecule is Nc1ncnc2c1ncn2[C@@H]1O[C@H](C(Cl)C2CCc3ccccc32)[C@@H](O)[C@H]1O. The summed E-state index contributed by atoms with van der Waals surface area (Å²) in [7, 11) is 0. The molecule has 2 aromatic heterocycles. The van der Waals surface area contributed by atoms with Crippen molar-refractivity contribution in [2.45, 2.75) is 48.7 Å². The highest BCUT2D eigenvalue weighted by molar-refractivity contribution is 6.21. The lowest BCUT2D eigenvalue weighted by Crippen LogP contribution is -2.38. The average Bonchev–Trinajstić information content (AvgIpc) is 3.39. The van der Waals surface area contributed by atoms with Crippen molar-refractivity contribution in [3.63, 3.8) is 0 Å². The number of fused-ring (bicyclic) bond motifs is 2. The predicted octanol–water partition coefficient (Wildman–Crippen LogP) is 1.37. The maximum atomic E-state index is 10.7. The number of aromatic nitrogens is 4. The van der Waals surface area contributed by atoms with E-state index in [-0.39, 0.29) is 11.7 Å². The fourth-order valence-electron chi connectivity index (χ4n) is 4.38. The van der Waals surface area contributed by atoms with Crippen LogP contribution in [0.15, 0.2) is 36.9 Å². The zero-order valence-corrected chi connectivity index (χ0v) is 15.6. The van der Waals surface area contributed by atoms with Crippen molar-refractivity contribution in [3.05, 3.63) is 48.0 Å². The molecular weight excluding hydrogens is 382 g/mol. The van der Waals surface area contributed by atoms with Gasteiger partial charge in [0, 0.05) is 5.92 Å². The molecule has 1 fully saturated rings. The summed E-state index contributed by atoms with van der Waals surface area (Å²) in [5.41, 5.74) is 9.14. The largest absolute Gasteiger partial charge is 0.387 e. The Labute approximate surface area is 166 Å². The first kappa shape index (κ1) is 17.8. The molecule has 1 aliphatic heterocycles. The van der Waals surface area contributed by atoms with Crippen molar-refractivity contribution in [3.8, 4) is 0 Å². The minimum atomic E-state index is -1.17.